The van der Waals surface area contributed by atoms with Crippen molar-refractivity contribution in [3.05, 3.63) is 35.1 Å². The highest BCUT2D eigenvalue weighted by Gasteiger charge is 2.22. The molecule has 5 heteroatoms. The highest BCUT2D eigenvalue weighted by Crippen LogP contribution is 2.14. The molecule has 1 aromatic carbocycles. The van der Waals surface area contributed by atoms with Crippen molar-refractivity contribution in [1.29, 1.82) is 0 Å². The van der Waals surface area contributed by atoms with E-state index in [1.807, 2.05) is 0 Å². The topological polar surface area (TPSA) is 49.4 Å². The fraction of sp³-hybridized carbons (Fsp3) is 0.467. The van der Waals surface area contributed by atoms with Crippen LogP contribution in [0, 0.1) is 12.7 Å². The molecule has 1 heterocycles. The van der Waals surface area contributed by atoms with Crippen LogP contribution in [0.2, 0.25) is 0 Å². The zero-order valence-corrected chi connectivity index (χ0v) is 11.8. The van der Waals surface area contributed by atoms with Gasteiger partial charge < -0.3 is 10.2 Å². The Kier molecular flexibility index (Phi) is 4.37. The van der Waals surface area contributed by atoms with Gasteiger partial charge in [-0.25, -0.2) is 4.39 Å². The highest BCUT2D eigenvalue weighted by molar-refractivity contribution is 5.95. The van der Waals surface area contributed by atoms with Crippen LogP contribution in [-0.4, -0.2) is 35.8 Å². The highest BCUT2D eigenvalue weighted by atomic mass is 19.1. The van der Waals surface area contributed by atoms with Gasteiger partial charge in [0, 0.05) is 31.6 Å². The number of nitrogens with one attached hydrogen (secondary N) is 1. The van der Waals surface area contributed by atoms with Gasteiger partial charge in [-0.05, 0) is 43.5 Å². The summed E-state index contributed by atoms with van der Waals surface area (Å²) in [6.07, 6.45) is 1.51. The first-order chi connectivity index (χ1) is 9.47. The number of benzene rings is 1. The van der Waals surface area contributed by atoms with Gasteiger partial charge in [0.2, 0.25) is 5.91 Å². The van der Waals surface area contributed by atoms with Gasteiger partial charge in [-0.1, -0.05) is 0 Å². The Bertz CT molecular complexity index is 523. The largest absolute Gasteiger partial charge is 0.349 e. The van der Waals surface area contributed by atoms with E-state index >= 15 is 0 Å². The summed E-state index contributed by atoms with van der Waals surface area (Å²) in [5, 5.41) is 2.96. The fourth-order valence-electron chi connectivity index (χ4n) is 2.48. The maximum atomic E-state index is 13.0. The molecule has 0 spiro atoms. The number of halogens is 1. The van der Waals surface area contributed by atoms with Crippen molar-refractivity contribution >= 4 is 11.8 Å². The molecule has 0 atom stereocenters. The first-order valence-corrected chi connectivity index (χ1v) is 6.80. The Morgan fingerprint density at radius 1 is 1.30 bits per heavy atom. The quantitative estimate of drug-likeness (QED) is 0.898. The molecule has 0 radical (unpaired) electrons. The summed E-state index contributed by atoms with van der Waals surface area (Å²) in [5.74, 6) is -0.443. The number of nitrogens with zero attached hydrogens (tertiary/aromatic N) is 1. The molecule has 0 aromatic heterocycles. The van der Waals surface area contributed by atoms with E-state index in [0.29, 0.717) is 24.2 Å². The molecule has 108 valence electrons. The monoisotopic (exact) mass is 278 g/mol. The lowest BCUT2D eigenvalue weighted by Gasteiger charge is -2.31. The SMILES string of the molecule is CC(=O)N1CCC(NC(=O)c2ccc(F)cc2C)CC1. The number of piperidine rings is 1. The van der Waals surface area contributed by atoms with Crippen LogP contribution in [0.25, 0.3) is 0 Å². The molecule has 0 unspecified atom stereocenters. The lowest BCUT2D eigenvalue weighted by atomic mass is 10.0. The molecule has 1 fully saturated rings. The molecular formula is C15H19FN2O2. The predicted molar refractivity (Wildman–Crippen MR) is 73.9 cm³/mol. The van der Waals surface area contributed by atoms with Crippen LogP contribution in [0.1, 0.15) is 35.7 Å². The van der Waals surface area contributed by atoms with E-state index in [4.69, 9.17) is 0 Å². The van der Waals surface area contributed by atoms with E-state index in [1.165, 1.54) is 18.2 Å². The number of aryl methyl sites for hydroxylation is 1. The van der Waals surface area contributed by atoms with Crippen LogP contribution in [0.3, 0.4) is 0 Å². The van der Waals surface area contributed by atoms with Gasteiger partial charge in [0.05, 0.1) is 0 Å². The molecule has 1 N–H and O–H groups in total. The minimum absolute atomic E-state index is 0.0718. The van der Waals surface area contributed by atoms with E-state index in [0.717, 1.165) is 12.8 Å². The minimum atomic E-state index is -0.339. The first-order valence-electron chi connectivity index (χ1n) is 6.80. The van der Waals surface area contributed by atoms with Gasteiger partial charge in [0.1, 0.15) is 5.82 Å². The average Bonchev–Trinajstić information content (AvgIpc) is 2.39. The Morgan fingerprint density at radius 3 is 2.50 bits per heavy atom. The molecule has 1 aliphatic rings. The van der Waals surface area contributed by atoms with Gasteiger partial charge in [-0.2, -0.15) is 0 Å². The van der Waals surface area contributed by atoms with Crippen molar-refractivity contribution < 1.29 is 14.0 Å². The standard InChI is InChI=1S/C15H19FN2O2/c1-10-9-12(16)3-4-14(10)15(20)17-13-5-7-18(8-6-13)11(2)19/h3-4,9,13H,5-8H2,1-2H3,(H,17,20). The van der Waals surface area contributed by atoms with E-state index < -0.39 is 0 Å². The number of hydrogen-bond donors (Lipinski definition) is 1. The zero-order valence-electron chi connectivity index (χ0n) is 11.8. The van der Waals surface area contributed by atoms with Crippen molar-refractivity contribution in [2.45, 2.75) is 32.7 Å². The molecule has 2 rings (SSSR count). The average molecular weight is 278 g/mol. The third kappa shape index (κ3) is 3.35. The number of carbonyl (C=O) groups excluding carboxylic acids is 2. The van der Waals surface area contributed by atoms with Gasteiger partial charge in [0.25, 0.3) is 5.91 Å². The minimum Gasteiger partial charge on any atom is -0.349 e. The van der Waals surface area contributed by atoms with Crippen LogP contribution in [0.4, 0.5) is 4.39 Å². The Morgan fingerprint density at radius 2 is 1.95 bits per heavy atom. The van der Waals surface area contributed by atoms with Crippen LogP contribution in [-0.2, 0) is 4.79 Å². The molecule has 20 heavy (non-hydrogen) atoms. The second-order valence-corrected chi connectivity index (χ2v) is 5.21. The Hall–Kier alpha value is -1.91. The second kappa shape index (κ2) is 6.03. The molecule has 1 aromatic rings. The van der Waals surface area contributed by atoms with Crippen molar-refractivity contribution in [2.24, 2.45) is 0 Å². The predicted octanol–water partition coefficient (Wildman–Crippen LogP) is 1.87. The van der Waals surface area contributed by atoms with E-state index in [1.54, 1.807) is 18.7 Å². The number of rotatable bonds is 2. The lowest BCUT2D eigenvalue weighted by molar-refractivity contribution is -0.129. The van der Waals surface area contributed by atoms with Crippen LogP contribution in [0.15, 0.2) is 18.2 Å². The molecule has 2 amide bonds. The maximum absolute atomic E-state index is 13.0. The summed E-state index contributed by atoms with van der Waals surface area (Å²) in [7, 11) is 0. The van der Waals surface area contributed by atoms with E-state index in [9.17, 15) is 14.0 Å². The summed E-state index contributed by atoms with van der Waals surface area (Å²) < 4.78 is 13.0. The number of amides is 2. The molecule has 0 bridgehead atoms. The summed E-state index contributed by atoms with van der Waals surface area (Å²) in [6.45, 7) is 4.61. The van der Waals surface area contributed by atoms with Gasteiger partial charge in [0.15, 0.2) is 0 Å². The van der Waals surface area contributed by atoms with Gasteiger partial charge in [-0.15, -0.1) is 0 Å². The summed E-state index contributed by atoms with van der Waals surface area (Å²) in [4.78, 5) is 25.2. The molecule has 1 aliphatic heterocycles. The van der Waals surface area contributed by atoms with Gasteiger partial charge in [-0.3, -0.25) is 9.59 Å². The van der Waals surface area contributed by atoms with Crippen molar-refractivity contribution in [2.75, 3.05) is 13.1 Å². The number of hydrogen-bond acceptors (Lipinski definition) is 2. The number of carbonyl (C=O) groups is 2. The zero-order chi connectivity index (χ0) is 14.7. The van der Waals surface area contributed by atoms with Gasteiger partial charge >= 0.3 is 0 Å². The van der Waals surface area contributed by atoms with Crippen LogP contribution in [0.5, 0.6) is 0 Å². The van der Waals surface area contributed by atoms with E-state index in [-0.39, 0.29) is 23.7 Å². The van der Waals surface area contributed by atoms with E-state index in [2.05, 4.69) is 5.32 Å². The third-order valence-electron chi connectivity index (χ3n) is 3.71. The normalized spacial score (nSPS) is 16.1. The van der Waals surface area contributed by atoms with Crippen molar-refractivity contribution in [3.8, 4) is 0 Å². The smallest absolute Gasteiger partial charge is 0.251 e. The van der Waals surface area contributed by atoms with Crippen LogP contribution >= 0.6 is 0 Å². The summed E-state index contributed by atoms with van der Waals surface area (Å²) >= 11 is 0. The Labute approximate surface area is 118 Å². The summed E-state index contributed by atoms with van der Waals surface area (Å²) in [5.41, 5.74) is 1.13. The second-order valence-electron chi connectivity index (χ2n) is 5.21. The lowest BCUT2D eigenvalue weighted by Crippen LogP contribution is -2.46. The Balaban J connectivity index is 1.94. The summed E-state index contributed by atoms with van der Waals surface area (Å²) in [6, 6.07) is 4.22. The molecule has 4 nitrogen and oxygen atoms in total. The van der Waals surface area contributed by atoms with Crippen molar-refractivity contribution in [1.82, 2.24) is 10.2 Å². The molecule has 0 aliphatic carbocycles. The molecule has 0 saturated carbocycles. The molecule has 1 saturated heterocycles. The fourth-order valence-corrected chi connectivity index (χ4v) is 2.48. The van der Waals surface area contributed by atoms with Crippen LogP contribution < -0.4 is 5.32 Å². The maximum Gasteiger partial charge on any atom is 0.251 e. The molecular weight excluding hydrogens is 259 g/mol. The van der Waals surface area contributed by atoms with Crippen molar-refractivity contribution in [3.63, 3.8) is 0 Å². The number of likely N-dealkylation sites (tertiary alicyclic amines) is 1. The first kappa shape index (κ1) is 14.5. The third-order valence-corrected chi connectivity index (χ3v) is 3.71.